The predicted octanol–water partition coefficient (Wildman–Crippen LogP) is 2.52. The maximum atomic E-state index is 13.4. The van der Waals surface area contributed by atoms with Gasteiger partial charge in [-0.25, -0.2) is 9.18 Å². The highest BCUT2D eigenvalue weighted by Gasteiger charge is 2.38. The summed E-state index contributed by atoms with van der Waals surface area (Å²) < 4.78 is 59.1. The van der Waals surface area contributed by atoms with E-state index in [0.29, 0.717) is 13.0 Å². The molecule has 2 N–H and O–H groups in total. The number of hydrogen-bond donors (Lipinski definition) is 1. The van der Waals surface area contributed by atoms with Crippen molar-refractivity contribution >= 4 is 11.7 Å². The average molecular weight is 281 g/mol. The molecule has 0 bridgehead atoms. The molecule has 0 heterocycles. The van der Waals surface area contributed by atoms with Gasteiger partial charge in [0.15, 0.2) is 17.7 Å². The van der Waals surface area contributed by atoms with Gasteiger partial charge in [0.1, 0.15) is 0 Å². The number of rotatable bonds is 3. The molecule has 0 aliphatic rings. The molecule has 0 saturated heterocycles. The van der Waals surface area contributed by atoms with Crippen LogP contribution in [0.4, 0.5) is 23.2 Å². The highest BCUT2D eigenvalue weighted by Crippen LogP contribution is 2.29. The van der Waals surface area contributed by atoms with E-state index in [0.717, 1.165) is 13.2 Å². The second-order valence-corrected chi connectivity index (χ2v) is 3.66. The third kappa shape index (κ3) is 3.49. The van der Waals surface area contributed by atoms with Crippen molar-refractivity contribution in [1.82, 2.24) is 0 Å². The van der Waals surface area contributed by atoms with Crippen LogP contribution in [0.1, 0.15) is 17.3 Å². The molecule has 0 aliphatic heterocycles. The van der Waals surface area contributed by atoms with E-state index in [-0.39, 0.29) is 11.3 Å². The Kier molecular flexibility index (Phi) is 4.23. The summed E-state index contributed by atoms with van der Waals surface area (Å²) in [6, 6.07) is 1.48. The second kappa shape index (κ2) is 5.33. The quantitative estimate of drug-likeness (QED) is 0.525. The molecule has 1 unspecified atom stereocenters. The minimum Gasteiger partial charge on any atom is -0.478 e. The molecule has 0 fully saturated rings. The highest BCUT2D eigenvalue weighted by atomic mass is 19.4. The van der Waals surface area contributed by atoms with E-state index < -0.39 is 29.8 Å². The van der Waals surface area contributed by atoms with Gasteiger partial charge in [-0.05, 0) is 13.0 Å². The number of carbonyl (C=O) groups is 1. The molecule has 1 aromatic rings. The van der Waals surface area contributed by atoms with Crippen LogP contribution in [-0.2, 0) is 4.74 Å². The maximum Gasteiger partial charge on any atom is 0.425 e. The van der Waals surface area contributed by atoms with Gasteiger partial charge in [-0.15, -0.1) is 0 Å². The fourth-order valence-electron chi connectivity index (χ4n) is 1.20. The Hall–Kier alpha value is -1.99. The van der Waals surface area contributed by atoms with Crippen LogP contribution in [0.15, 0.2) is 12.1 Å². The molecule has 4 nitrogen and oxygen atoms in total. The first-order valence-corrected chi connectivity index (χ1v) is 5.07. The third-order valence-electron chi connectivity index (χ3n) is 2.27. The van der Waals surface area contributed by atoms with Crippen molar-refractivity contribution in [2.45, 2.75) is 19.2 Å². The van der Waals surface area contributed by atoms with Crippen LogP contribution in [0.2, 0.25) is 0 Å². The summed E-state index contributed by atoms with van der Waals surface area (Å²) in [6.07, 6.45) is -6.88. The first-order valence-electron chi connectivity index (χ1n) is 5.07. The van der Waals surface area contributed by atoms with Crippen molar-refractivity contribution in [3.63, 3.8) is 0 Å². The minimum absolute atomic E-state index is 0.253. The lowest BCUT2D eigenvalue weighted by Crippen LogP contribution is -2.31. The number of nitrogens with two attached hydrogens (primary N) is 1. The van der Waals surface area contributed by atoms with Crippen LogP contribution in [0.3, 0.4) is 0 Å². The zero-order chi connectivity index (χ0) is 14.8. The molecule has 0 saturated carbocycles. The topological polar surface area (TPSA) is 61.5 Å². The number of ether oxygens (including phenoxy) is 2. The van der Waals surface area contributed by atoms with Crippen LogP contribution in [-0.4, -0.2) is 25.4 Å². The number of nitrogen functional groups attached to an aromatic ring is 1. The zero-order valence-electron chi connectivity index (χ0n) is 10.0. The minimum atomic E-state index is -4.65. The average Bonchev–Trinajstić information content (AvgIpc) is 2.30. The largest absolute Gasteiger partial charge is 0.478 e. The van der Waals surface area contributed by atoms with E-state index in [4.69, 9.17) is 5.73 Å². The van der Waals surface area contributed by atoms with Gasteiger partial charge in [-0.2, -0.15) is 13.2 Å². The molecule has 0 aliphatic carbocycles. The number of hydrogen-bond acceptors (Lipinski definition) is 4. The van der Waals surface area contributed by atoms with E-state index in [1.807, 2.05) is 0 Å². The molecule has 1 atom stereocenters. The van der Waals surface area contributed by atoms with Crippen LogP contribution in [0, 0.1) is 5.82 Å². The van der Waals surface area contributed by atoms with Crippen molar-refractivity contribution in [3.8, 4) is 5.75 Å². The number of halogens is 4. The molecule has 106 valence electrons. The Morgan fingerprint density at radius 3 is 2.42 bits per heavy atom. The number of carbonyl (C=O) groups excluding carboxylic acids is 1. The fraction of sp³-hybridized carbons (Fsp3) is 0.364. The molecule has 0 radical (unpaired) electrons. The molecule has 19 heavy (non-hydrogen) atoms. The van der Waals surface area contributed by atoms with E-state index in [1.54, 1.807) is 0 Å². The molecular formula is C11H11F4NO3. The van der Waals surface area contributed by atoms with Crippen molar-refractivity contribution < 1.29 is 31.8 Å². The van der Waals surface area contributed by atoms with Crippen LogP contribution in [0.5, 0.6) is 5.75 Å². The Labute approximate surface area is 106 Å². The molecule has 1 aromatic carbocycles. The number of alkyl halides is 3. The Bertz CT molecular complexity index is 488. The van der Waals surface area contributed by atoms with E-state index in [9.17, 15) is 22.4 Å². The van der Waals surface area contributed by atoms with Crippen LogP contribution in [0.25, 0.3) is 0 Å². The summed E-state index contributed by atoms with van der Waals surface area (Å²) in [5, 5.41) is 0. The van der Waals surface area contributed by atoms with Gasteiger partial charge in [-0.3, -0.25) is 0 Å². The molecule has 1 rings (SSSR count). The first kappa shape index (κ1) is 15.1. The number of esters is 1. The summed E-state index contributed by atoms with van der Waals surface area (Å²) >= 11 is 0. The summed E-state index contributed by atoms with van der Waals surface area (Å²) in [5.41, 5.74) is 4.84. The Morgan fingerprint density at radius 1 is 1.37 bits per heavy atom. The number of methoxy groups -OCH3 is 1. The van der Waals surface area contributed by atoms with E-state index in [2.05, 4.69) is 9.47 Å². The fourth-order valence-corrected chi connectivity index (χ4v) is 1.20. The summed E-state index contributed by atoms with van der Waals surface area (Å²) in [7, 11) is 1.06. The lowest BCUT2D eigenvalue weighted by molar-refractivity contribution is -0.189. The molecule has 0 aromatic heterocycles. The molecule has 0 amide bonds. The maximum absolute atomic E-state index is 13.4. The second-order valence-electron chi connectivity index (χ2n) is 3.66. The summed E-state index contributed by atoms with van der Waals surface area (Å²) in [4.78, 5) is 11.3. The third-order valence-corrected chi connectivity index (χ3v) is 2.27. The lowest BCUT2D eigenvalue weighted by Gasteiger charge is -2.18. The monoisotopic (exact) mass is 281 g/mol. The summed E-state index contributed by atoms with van der Waals surface area (Å²) in [5.74, 6) is -2.72. The van der Waals surface area contributed by atoms with Gasteiger partial charge in [0.2, 0.25) is 0 Å². The van der Waals surface area contributed by atoms with Crippen molar-refractivity contribution in [3.05, 3.63) is 23.5 Å². The molecule has 8 heteroatoms. The Balaban J connectivity index is 3.12. The standard InChI is InChI=1S/C11H11F4NO3/c1-5(11(13,14)15)19-9-3-6(10(17)18-2)8(16)4-7(9)12/h3-5H,16H2,1-2H3. The number of anilines is 1. The van der Waals surface area contributed by atoms with Crippen LogP contribution < -0.4 is 10.5 Å². The van der Waals surface area contributed by atoms with Gasteiger partial charge in [0, 0.05) is 11.8 Å². The van der Waals surface area contributed by atoms with Crippen molar-refractivity contribution in [2.75, 3.05) is 12.8 Å². The highest BCUT2D eigenvalue weighted by molar-refractivity contribution is 5.95. The van der Waals surface area contributed by atoms with Gasteiger partial charge in [-0.1, -0.05) is 0 Å². The van der Waals surface area contributed by atoms with E-state index >= 15 is 0 Å². The normalized spacial score (nSPS) is 12.9. The van der Waals surface area contributed by atoms with Gasteiger partial charge >= 0.3 is 12.1 Å². The first-order chi connectivity index (χ1) is 8.66. The van der Waals surface area contributed by atoms with Gasteiger partial charge in [0.25, 0.3) is 0 Å². The summed E-state index contributed by atoms with van der Waals surface area (Å²) in [6.45, 7) is 0.716. The van der Waals surface area contributed by atoms with Gasteiger partial charge < -0.3 is 15.2 Å². The van der Waals surface area contributed by atoms with Crippen LogP contribution >= 0.6 is 0 Å². The van der Waals surface area contributed by atoms with Crippen molar-refractivity contribution in [1.29, 1.82) is 0 Å². The smallest absolute Gasteiger partial charge is 0.425 e. The molecular weight excluding hydrogens is 270 g/mol. The van der Waals surface area contributed by atoms with Gasteiger partial charge in [0.05, 0.1) is 12.7 Å². The number of benzene rings is 1. The lowest BCUT2D eigenvalue weighted by atomic mass is 10.1. The SMILES string of the molecule is COC(=O)c1cc(OC(C)C(F)(F)F)c(F)cc1N. The van der Waals surface area contributed by atoms with Crippen molar-refractivity contribution in [2.24, 2.45) is 0 Å². The molecule has 0 spiro atoms. The zero-order valence-corrected chi connectivity index (χ0v) is 10.0. The Morgan fingerprint density at radius 2 is 1.95 bits per heavy atom. The predicted molar refractivity (Wildman–Crippen MR) is 58.3 cm³/mol. The van der Waals surface area contributed by atoms with E-state index in [1.165, 1.54) is 0 Å².